The number of ether oxygens (including phenoxy) is 2. The lowest BCUT2D eigenvalue weighted by molar-refractivity contribution is 0.0691. The normalized spacial score (nSPS) is 26.3. The van der Waals surface area contributed by atoms with Gasteiger partial charge in [0.05, 0.1) is 43.4 Å². The molecule has 4 heterocycles. The van der Waals surface area contributed by atoms with Crippen molar-refractivity contribution in [1.29, 1.82) is 0 Å². The van der Waals surface area contributed by atoms with Crippen molar-refractivity contribution in [1.82, 2.24) is 24.5 Å². The average Bonchev–Trinajstić information content (AvgIpc) is 3.43. The molecule has 9 nitrogen and oxygen atoms in total. The minimum atomic E-state index is -2.33. The second-order valence-corrected chi connectivity index (χ2v) is 8.88. The molecule has 31 heavy (non-hydrogen) atoms. The van der Waals surface area contributed by atoms with Gasteiger partial charge in [0.25, 0.3) is 0 Å². The van der Waals surface area contributed by atoms with Gasteiger partial charge in [-0.3, -0.25) is 9.40 Å². The molecule has 2 aliphatic heterocycles. The zero-order valence-electron chi connectivity index (χ0n) is 17.0. The lowest BCUT2D eigenvalue weighted by atomic mass is 10.1. The van der Waals surface area contributed by atoms with Crippen molar-refractivity contribution in [3.05, 3.63) is 23.6 Å². The van der Waals surface area contributed by atoms with E-state index in [-0.39, 0.29) is 24.3 Å². The molecule has 0 spiro atoms. The van der Waals surface area contributed by atoms with Crippen LogP contribution < -0.4 is 15.4 Å². The monoisotopic (exact) mass is 475 g/mol. The van der Waals surface area contributed by atoms with Crippen molar-refractivity contribution in [2.24, 2.45) is 13.0 Å². The molecule has 0 amide bonds. The fourth-order valence-corrected chi connectivity index (χ4v) is 4.47. The largest absolute Gasteiger partial charge is 0.371 e. The maximum absolute atomic E-state index is 12.7. The second kappa shape index (κ2) is 9.82. The molecular weight excluding hydrogens is 452 g/mol. The number of nitrogens with zero attached hydrogens (tertiary/aromatic N) is 4. The number of nitrogens with one attached hydrogen (secondary N) is 3. The Morgan fingerprint density at radius 3 is 2.71 bits per heavy atom. The van der Waals surface area contributed by atoms with E-state index in [0.29, 0.717) is 35.8 Å². The number of aryl methyl sites for hydroxylation is 1. The van der Waals surface area contributed by atoms with E-state index >= 15 is 0 Å². The van der Waals surface area contributed by atoms with Crippen LogP contribution in [-0.2, 0) is 16.5 Å². The van der Waals surface area contributed by atoms with Crippen LogP contribution in [0.4, 0.5) is 26.2 Å². The summed E-state index contributed by atoms with van der Waals surface area (Å²) in [5.74, 6) is 0.490. The summed E-state index contributed by atoms with van der Waals surface area (Å²) in [6.07, 6.45) is 2.28. The minimum Gasteiger partial charge on any atom is -0.371 e. The van der Waals surface area contributed by atoms with Crippen molar-refractivity contribution >= 4 is 41.0 Å². The number of alkyl halides is 2. The van der Waals surface area contributed by atoms with Crippen molar-refractivity contribution in [2.75, 3.05) is 29.6 Å². The first-order valence-corrected chi connectivity index (χ1v) is 11.2. The first-order valence-electron chi connectivity index (χ1n) is 9.84. The van der Waals surface area contributed by atoms with Crippen molar-refractivity contribution in [3.8, 4) is 0 Å². The number of anilines is 3. The molecule has 3 N–H and O–H groups in total. The summed E-state index contributed by atoms with van der Waals surface area (Å²) in [7, 11) is 1.82. The highest BCUT2D eigenvalue weighted by molar-refractivity contribution is 7.97. The SMILES string of the molecule is CC(CSNC1COC2C(Nc3nc(Nc4cnn(C)c4)ncc3Cl)COC12)C(F)F. The van der Waals surface area contributed by atoms with Crippen LogP contribution in [0, 0.1) is 5.92 Å². The molecule has 0 saturated carbocycles. The summed E-state index contributed by atoms with van der Waals surface area (Å²) >= 11 is 7.57. The Labute approximate surface area is 187 Å². The Balaban J connectivity index is 1.34. The highest BCUT2D eigenvalue weighted by Gasteiger charge is 2.48. The third-order valence-corrected chi connectivity index (χ3v) is 6.53. The maximum atomic E-state index is 12.7. The molecule has 2 aliphatic rings. The molecule has 170 valence electrons. The van der Waals surface area contributed by atoms with Gasteiger partial charge in [-0.2, -0.15) is 10.1 Å². The van der Waals surface area contributed by atoms with Crippen LogP contribution in [0.1, 0.15) is 6.92 Å². The molecule has 2 saturated heterocycles. The van der Waals surface area contributed by atoms with Crippen LogP contribution in [0.3, 0.4) is 0 Å². The summed E-state index contributed by atoms with van der Waals surface area (Å²) in [5, 5.41) is 10.8. The molecule has 0 bridgehead atoms. The van der Waals surface area contributed by atoms with Gasteiger partial charge in [-0.05, 0) is 0 Å². The van der Waals surface area contributed by atoms with Gasteiger partial charge in [-0.1, -0.05) is 30.5 Å². The number of rotatable bonds is 9. The van der Waals surface area contributed by atoms with Crippen molar-refractivity contribution in [2.45, 2.75) is 37.6 Å². The molecule has 5 atom stereocenters. The van der Waals surface area contributed by atoms with Gasteiger partial charge in [0.15, 0.2) is 5.82 Å². The zero-order chi connectivity index (χ0) is 22.0. The standard InChI is InChI=1S/C18H24ClF2N7O2S/c1-9(16(20)21)8-31-27-13-7-30-14-12(6-29-15(13)14)25-17-11(19)4-22-18(26-17)24-10-3-23-28(2)5-10/h3-5,9,12-16,27H,6-8H2,1-2H3,(H2,22,24,25,26). The topological polar surface area (TPSA) is 98.2 Å². The fourth-order valence-electron chi connectivity index (χ4n) is 3.40. The third kappa shape index (κ3) is 5.37. The Kier molecular flexibility index (Phi) is 7.12. The molecule has 0 aliphatic carbocycles. The molecule has 0 aromatic carbocycles. The van der Waals surface area contributed by atoms with Gasteiger partial charge in [-0.15, -0.1) is 0 Å². The van der Waals surface area contributed by atoms with Gasteiger partial charge in [0, 0.05) is 24.9 Å². The van der Waals surface area contributed by atoms with E-state index in [2.05, 4.69) is 30.4 Å². The van der Waals surface area contributed by atoms with Gasteiger partial charge >= 0.3 is 0 Å². The van der Waals surface area contributed by atoms with E-state index in [1.165, 1.54) is 25.1 Å². The van der Waals surface area contributed by atoms with E-state index in [1.807, 2.05) is 7.05 Å². The van der Waals surface area contributed by atoms with Crippen LogP contribution in [0.5, 0.6) is 0 Å². The van der Waals surface area contributed by atoms with Crippen LogP contribution in [0.25, 0.3) is 0 Å². The Morgan fingerprint density at radius 2 is 2.00 bits per heavy atom. The van der Waals surface area contributed by atoms with E-state index < -0.39 is 12.3 Å². The molecule has 2 aromatic heterocycles. The summed E-state index contributed by atoms with van der Waals surface area (Å²) in [4.78, 5) is 8.65. The van der Waals surface area contributed by atoms with Crippen LogP contribution in [-0.4, -0.2) is 69.4 Å². The number of aromatic nitrogens is 4. The predicted octanol–water partition coefficient (Wildman–Crippen LogP) is 2.69. The highest BCUT2D eigenvalue weighted by Crippen LogP contribution is 2.31. The quantitative estimate of drug-likeness (QED) is 0.473. The Hall–Kier alpha value is -1.73. The number of hydrogen-bond donors (Lipinski definition) is 3. The first kappa shape index (κ1) is 22.5. The van der Waals surface area contributed by atoms with E-state index in [9.17, 15) is 8.78 Å². The average molecular weight is 476 g/mol. The summed E-state index contributed by atoms with van der Waals surface area (Å²) < 4.78 is 42.0. The predicted molar refractivity (Wildman–Crippen MR) is 115 cm³/mol. The summed E-state index contributed by atoms with van der Waals surface area (Å²) in [5.41, 5.74) is 0.756. The fraction of sp³-hybridized carbons (Fsp3) is 0.611. The maximum Gasteiger partial charge on any atom is 0.242 e. The molecular formula is C18H24ClF2N7O2S. The van der Waals surface area contributed by atoms with Crippen LogP contribution in [0.15, 0.2) is 18.6 Å². The summed E-state index contributed by atoms with van der Waals surface area (Å²) in [6.45, 7) is 2.38. The third-order valence-electron chi connectivity index (χ3n) is 5.09. The molecule has 5 unspecified atom stereocenters. The van der Waals surface area contributed by atoms with Crippen molar-refractivity contribution in [3.63, 3.8) is 0 Å². The number of hydrogen-bond acceptors (Lipinski definition) is 9. The van der Waals surface area contributed by atoms with Crippen molar-refractivity contribution < 1.29 is 18.3 Å². The molecule has 0 radical (unpaired) electrons. The van der Waals surface area contributed by atoms with E-state index in [0.717, 1.165) is 5.69 Å². The van der Waals surface area contributed by atoms with Gasteiger partial charge in [-0.25, -0.2) is 13.8 Å². The highest BCUT2D eigenvalue weighted by atomic mass is 35.5. The first-order chi connectivity index (χ1) is 14.9. The zero-order valence-corrected chi connectivity index (χ0v) is 18.5. The number of fused-ring (bicyclic) bond motifs is 1. The van der Waals surface area contributed by atoms with Gasteiger partial charge in [0.2, 0.25) is 12.4 Å². The lowest BCUT2D eigenvalue weighted by Crippen LogP contribution is -2.40. The summed E-state index contributed by atoms with van der Waals surface area (Å²) in [6, 6.07) is -0.226. The minimum absolute atomic E-state index is 0.0737. The van der Waals surface area contributed by atoms with E-state index in [4.69, 9.17) is 21.1 Å². The Morgan fingerprint density at radius 1 is 1.26 bits per heavy atom. The van der Waals surface area contributed by atoms with Crippen LogP contribution in [0.2, 0.25) is 5.02 Å². The lowest BCUT2D eigenvalue weighted by Gasteiger charge is -2.19. The van der Waals surface area contributed by atoms with Crippen LogP contribution >= 0.6 is 23.5 Å². The second-order valence-electron chi connectivity index (χ2n) is 7.61. The smallest absolute Gasteiger partial charge is 0.242 e. The molecule has 2 fully saturated rings. The molecule has 13 heteroatoms. The number of halogens is 3. The van der Waals surface area contributed by atoms with Gasteiger partial charge < -0.3 is 20.1 Å². The van der Waals surface area contributed by atoms with E-state index in [1.54, 1.807) is 17.1 Å². The van der Waals surface area contributed by atoms with Gasteiger partial charge in [0.1, 0.15) is 17.2 Å². The molecule has 4 rings (SSSR count). The Bertz CT molecular complexity index is 892. The molecule has 2 aromatic rings.